The van der Waals surface area contributed by atoms with Gasteiger partial charge in [-0.05, 0) is 45.6 Å². The lowest BCUT2D eigenvalue weighted by Gasteiger charge is -2.24. The normalized spacial score (nSPS) is 20.5. The summed E-state index contributed by atoms with van der Waals surface area (Å²) in [5.74, 6) is 0.851. The van der Waals surface area contributed by atoms with Crippen LogP contribution in [-0.2, 0) is 15.9 Å². The van der Waals surface area contributed by atoms with Gasteiger partial charge in [-0.25, -0.2) is 0 Å². The summed E-state index contributed by atoms with van der Waals surface area (Å²) in [5, 5.41) is 0. The van der Waals surface area contributed by atoms with Crippen molar-refractivity contribution in [1.82, 2.24) is 4.98 Å². The quantitative estimate of drug-likeness (QED) is 0.835. The number of nitrogens with zero attached hydrogens (tertiary/aromatic N) is 1. The highest BCUT2D eigenvalue weighted by Gasteiger charge is 2.16. The van der Waals surface area contributed by atoms with Gasteiger partial charge in [-0.2, -0.15) is 0 Å². The summed E-state index contributed by atoms with van der Waals surface area (Å²) < 4.78 is 17.0. The van der Waals surface area contributed by atoms with E-state index in [1.165, 1.54) is 0 Å². The highest BCUT2D eigenvalue weighted by Crippen LogP contribution is 2.20. The van der Waals surface area contributed by atoms with E-state index in [1.807, 2.05) is 26.1 Å². The molecule has 0 aliphatic carbocycles. The molecule has 5 heteroatoms. The zero-order valence-corrected chi connectivity index (χ0v) is 13.0. The van der Waals surface area contributed by atoms with Crippen LogP contribution in [0.2, 0.25) is 0 Å². The van der Waals surface area contributed by atoms with E-state index >= 15 is 0 Å². The van der Waals surface area contributed by atoms with Gasteiger partial charge >= 0.3 is 0 Å². The Morgan fingerprint density at radius 1 is 1.43 bits per heavy atom. The van der Waals surface area contributed by atoms with Crippen LogP contribution in [0.25, 0.3) is 0 Å². The minimum Gasteiger partial charge on any atom is -0.491 e. The Bertz CT molecular complexity index is 420. The number of rotatable bonds is 7. The summed E-state index contributed by atoms with van der Waals surface area (Å²) in [5.41, 5.74) is 7.18. The molecule has 1 aromatic heterocycles. The molecule has 118 valence electrons. The van der Waals surface area contributed by atoms with Crippen molar-refractivity contribution in [1.29, 1.82) is 0 Å². The molecule has 2 N–H and O–H groups in total. The molecule has 0 aromatic carbocycles. The first-order valence-electron chi connectivity index (χ1n) is 7.73. The van der Waals surface area contributed by atoms with Crippen molar-refractivity contribution in [2.24, 2.45) is 5.73 Å². The molecule has 0 amide bonds. The number of aromatic nitrogens is 1. The smallest absolute Gasteiger partial charge is 0.157 e. The second kappa shape index (κ2) is 8.32. The summed E-state index contributed by atoms with van der Waals surface area (Å²) in [4.78, 5) is 4.15. The van der Waals surface area contributed by atoms with Crippen molar-refractivity contribution >= 4 is 0 Å². The molecule has 1 unspecified atom stereocenters. The van der Waals surface area contributed by atoms with Crippen LogP contribution in [-0.4, -0.2) is 36.6 Å². The molecular formula is C16H26N2O3. The van der Waals surface area contributed by atoms with Gasteiger partial charge in [0.25, 0.3) is 0 Å². The zero-order chi connectivity index (χ0) is 15.1. The van der Waals surface area contributed by atoms with Crippen molar-refractivity contribution in [2.45, 2.75) is 58.0 Å². The van der Waals surface area contributed by atoms with Crippen molar-refractivity contribution < 1.29 is 14.2 Å². The molecule has 21 heavy (non-hydrogen) atoms. The van der Waals surface area contributed by atoms with Crippen LogP contribution in [0.15, 0.2) is 18.5 Å². The second-order valence-electron chi connectivity index (χ2n) is 5.74. The molecule has 2 heterocycles. The van der Waals surface area contributed by atoms with Crippen LogP contribution in [0.1, 0.15) is 38.7 Å². The number of pyridine rings is 1. The predicted octanol–water partition coefficient (Wildman–Crippen LogP) is 2.28. The van der Waals surface area contributed by atoms with Gasteiger partial charge < -0.3 is 19.9 Å². The van der Waals surface area contributed by atoms with Crippen molar-refractivity contribution in [3.05, 3.63) is 24.0 Å². The topological polar surface area (TPSA) is 66.6 Å². The Labute approximate surface area is 126 Å². The van der Waals surface area contributed by atoms with Crippen LogP contribution in [0, 0.1) is 0 Å². The number of ether oxygens (including phenoxy) is 3. The van der Waals surface area contributed by atoms with Crippen LogP contribution >= 0.6 is 0 Å². The molecule has 5 nitrogen and oxygen atoms in total. The predicted molar refractivity (Wildman–Crippen MR) is 81.2 cm³/mol. The molecule has 0 saturated carbocycles. The fourth-order valence-electron chi connectivity index (χ4n) is 2.35. The maximum Gasteiger partial charge on any atom is 0.157 e. The molecule has 1 fully saturated rings. The lowest BCUT2D eigenvalue weighted by Crippen LogP contribution is -2.33. The fraction of sp³-hybridized carbons (Fsp3) is 0.688. The molecule has 0 bridgehead atoms. The van der Waals surface area contributed by atoms with E-state index in [1.54, 1.807) is 6.20 Å². The lowest BCUT2D eigenvalue weighted by molar-refractivity contribution is -0.164. The van der Waals surface area contributed by atoms with Gasteiger partial charge in [0, 0.05) is 30.6 Å². The summed E-state index contributed by atoms with van der Waals surface area (Å²) >= 11 is 0. The Morgan fingerprint density at radius 3 is 3.00 bits per heavy atom. The largest absolute Gasteiger partial charge is 0.491 e. The van der Waals surface area contributed by atoms with Crippen molar-refractivity contribution in [3.63, 3.8) is 0 Å². The lowest BCUT2D eigenvalue weighted by atomic mass is 10.1. The molecule has 1 aliphatic rings. The van der Waals surface area contributed by atoms with Crippen molar-refractivity contribution in [2.75, 3.05) is 13.2 Å². The SMILES string of the molecule is CC(C)Oc1ccncc1C[C@H](N)COC1CCCCO1. The third-order valence-electron chi connectivity index (χ3n) is 3.34. The monoisotopic (exact) mass is 294 g/mol. The van der Waals surface area contributed by atoms with Gasteiger partial charge in [-0.15, -0.1) is 0 Å². The van der Waals surface area contributed by atoms with Gasteiger partial charge in [0.05, 0.1) is 12.7 Å². The van der Waals surface area contributed by atoms with E-state index in [9.17, 15) is 0 Å². The Hall–Kier alpha value is -1.17. The minimum atomic E-state index is -0.0925. The number of hydrogen-bond donors (Lipinski definition) is 1. The molecule has 1 aromatic rings. The van der Waals surface area contributed by atoms with Gasteiger partial charge in [0.2, 0.25) is 0 Å². The first-order valence-corrected chi connectivity index (χ1v) is 7.73. The third kappa shape index (κ3) is 5.61. The van der Waals surface area contributed by atoms with Crippen molar-refractivity contribution in [3.8, 4) is 5.75 Å². The Balaban J connectivity index is 1.82. The van der Waals surface area contributed by atoms with E-state index in [2.05, 4.69) is 4.98 Å². The van der Waals surface area contributed by atoms with Gasteiger partial charge in [-0.3, -0.25) is 4.98 Å². The van der Waals surface area contributed by atoms with Crippen LogP contribution in [0.3, 0.4) is 0 Å². The summed E-state index contributed by atoms with van der Waals surface area (Å²) in [7, 11) is 0. The van der Waals surface area contributed by atoms with Gasteiger partial charge in [-0.1, -0.05) is 0 Å². The van der Waals surface area contributed by atoms with E-state index < -0.39 is 0 Å². The fourth-order valence-corrected chi connectivity index (χ4v) is 2.35. The standard InChI is InChI=1S/C16H26N2O3/c1-12(2)21-15-6-7-18-10-13(15)9-14(17)11-20-16-5-3-4-8-19-16/h6-7,10,12,14,16H,3-5,8-9,11,17H2,1-2H3/t14-,16?/m0/s1. The first-order chi connectivity index (χ1) is 10.1. The molecule has 0 spiro atoms. The Kier molecular flexibility index (Phi) is 6.42. The maximum absolute atomic E-state index is 6.16. The van der Waals surface area contributed by atoms with E-state index in [-0.39, 0.29) is 18.4 Å². The van der Waals surface area contributed by atoms with Gasteiger partial charge in [0.15, 0.2) is 6.29 Å². The zero-order valence-electron chi connectivity index (χ0n) is 13.0. The molecular weight excluding hydrogens is 268 g/mol. The molecule has 2 rings (SSSR count). The first kappa shape index (κ1) is 16.2. The number of hydrogen-bond acceptors (Lipinski definition) is 5. The summed E-state index contributed by atoms with van der Waals surface area (Å²) in [6.07, 6.45) is 7.52. The average molecular weight is 294 g/mol. The Morgan fingerprint density at radius 2 is 2.29 bits per heavy atom. The number of nitrogens with two attached hydrogens (primary N) is 1. The maximum atomic E-state index is 6.16. The average Bonchev–Trinajstić information content (AvgIpc) is 2.48. The van der Waals surface area contributed by atoms with Crippen LogP contribution < -0.4 is 10.5 Å². The summed E-state index contributed by atoms with van der Waals surface area (Å²) in [6.45, 7) is 5.29. The van der Waals surface area contributed by atoms with E-state index in [0.29, 0.717) is 13.0 Å². The highest BCUT2D eigenvalue weighted by molar-refractivity contribution is 5.31. The second-order valence-corrected chi connectivity index (χ2v) is 5.74. The van der Waals surface area contributed by atoms with E-state index in [4.69, 9.17) is 19.9 Å². The summed E-state index contributed by atoms with van der Waals surface area (Å²) in [6, 6.07) is 1.79. The van der Waals surface area contributed by atoms with Crippen LogP contribution in [0.5, 0.6) is 5.75 Å². The van der Waals surface area contributed by atoms with Gasteiger partial charge in [0.1, 0.15) is 5.75 Å². The molecule has 2 atom stereocenters. The molecule has 1 saturated heterocycles. The molecule has 1 aliphatic heterocycles. The third-order valence-corrected chi connectivity index (χ3v) is 3.34. The minimum absolute atomic E-state index is 0.0887. The van der Waals surface area contributed by atoms with E-state index in [0.717, 1.165) is 37.2 Å². The highest BCUT2D eigenvalue weighted by atomic mass is 16.7. The van der Waals surface area contributed by atoms with Crippen LogP contribution in [0.4, 0.5) is 0 Å². The molecule has 0 radical (unpaired) electrons.